The molecule has 0 aliphatic carbocycles. The molecule has 1 amide bonds. The average molecular weight is 751 g/mol. The van der Waals surface area contributed by atoms with E-state index in [1.165, 1.54) is 12.1 Å². The molecule has 12 heteroatoms. The van der Waals surface area contributed by atoms with Crippen molar-refractivity contribution in [2.45, 2.75) is 92.9 Å². The Balaban J connectivity index is 0.00000627. The number of benzene rings is 3. The predicted octanol–water partition coefficient (Wildman–Crippen LogP) is 9.50. The van der Waals surface area contributed by atoms with Gasteiger partial charge < -0.3 is 28.8 Å². The Hall–Kier alpha value is -4.61. The lowest BCUT2D eigenvalue weighted by molar-refractivity contribution is 0.0295. The highest BCUT2D eigenvalue weighted by Gasteiger charge is 2.29. The molecule has 0 atom stereocenters. The number of halogens is 2. The predicted molar refractivity (Wildman–Crippen MR) is 208 cm³/mol. The number of aliphatic hydroxyl groups is 1. The average Bonchev–Trinajstić information content (AvgIpc) is 3.66. The molecule has 0 unspecified atom stereocenters. The maximum absolute atomic E-state index is 13.9. The minimum atomic E-state index is -0.604. The highest BCUT2D eigenvalue weighted by molar-refractivity contribution is 6.35. The summed E-state index contributed by atoms with van der Waals surface area (Å²) in [5.41, 5.74) is 4.02. The molecule has 5 rings (SSSR count). The highest BCUT2D eigenvalue weighted by Crippen LogP contribution is 2.42. The van der Waals surface area contributed by atoms with E-state index in [0.717, 1.165) is 32.9 Å². The second kappa shape index (κ2) is 17.9. The zero-order valence-electron chi connectivity index (χ0n) is 30.8. The maximum Gasteiger partial charge on any atom is 0.410 e. The quantitative estimate of drug-likeness (QED) is 0.0808. The number of hydrogen-bond donors (Lipinski definition) is 2. The van der Waals surface area contributed by atoms with Crippen LogP contribution in [0.3, 0.4) is 0 Å². The zero-order valence-corrected chi connectivity index (χ0v) is 31.5. The molecule has 0 saturated carbocycles. The first kappa shape index (κ1) is 41.2. The smallest absolute Gasteiger partial charge is 0.410 e. The van der Waals surface area contributed by atoms with Crippen molar-refractivity contribution >= 4 is 45.3 Å². The van der Waals surface area contributed by atoms with Crippen molar-refractivity contribution in [3.05, 3.63) is 82.0 Å². The molecule has 2 heterocycles. The third kappa shape index (κ3) is 9.31. The second-order valence-electron chi connectivity index (χ2n) is 13.7. The van der Waals surface area contributed by atoms with Crippen LogP contribution in [0.2, 0.25) is 5.02 Å². The van der Waals surface area contributed by atoms with Crippen molar-refractivity contribution in [2.75, 3.05) is 26.8 Å². The summed E-state index contributed by atoms with van der Waals surface area (Å²) in [4.78, 5) is 28.1. The third-order valence-electron chi connectivity index (χ3n) is 8.87. The van der Waals surface area contributed by atoms with Crippen LogP contribution in [-0.4, -0.2) is 69.2 Å². The van der Waals surface area contributed by atoms with Gasteiger partial charge in [-0.05, 0) is 101 Å². The third-order valence-corrected chi connectivity index (χ3v) is 9.18. The normalized spacial score (nSPS) is 11.5. The molecule has 0 saturated heterocycles. The summed E-state index contributed by atoms with van der Waals surface area (Å²) >= 11 is 7.02. The van der Waals surface area contributed by atoms with Crippen LogP contribution < -0.4 is 4.74 Å². The number of hydrogen-bond acceptors (Lipinski definition) is 7. The van der Waals surface area contributed by atoms with Crippen LogP contribution in [0.25, 0.3) is 32.8 Å². The summed E-state index contributed by atoms with van der Waals surface area (Å²) in [7, 11) is 1.71. The maximum atomic E-state index is 13.9. The van der Waals surface area contributed by atoms with E-state index in [1.54, 1.807) is 24.9 Å². The summed E-state index contributed by atoms with van der Waals surface area (Å²) in [6, 6.07) is 13.9. The fourth-order valence-corrected chi connectivity index (χ4v) is 6.81. The van der Waals surface area contributed by atoms with Gasteiger partial charge in [-0.25, -0.2) is 14.0 Å². The van der Waals surface area contributed by atoms with Crippen molar-refractivity contribution in [3.63, 3.8) is 0 Å². The van der Waals surface area contributed by atoms with Crippen LogP contribution in [0.4, 0.5) is 9.18 Å². The lowest BCUT2D eigenvalue weighted by atomic mass is 9.97. The zero-order chi connectivity index (χ0) is 37.6. The van der Waals surface area contributed by atoms with Gasteiger partial charge in [0.05, 0.1) is 41.7 Å². The Kier molecular flexibility index (Phi) is 13.9. The summed E-state index contributed by atoms with van der Waals surface area (Å²) in [5.74, 6) is -0.113. The summed E-state index contributed by atoms with van der Waals surface area (Å²) in [6.45, 7) is 10.4. The van der Waals surface area contributed by atoms with Gasteiger partial charge in [0.1, 0.15) is 22.9 Å². The minimum absolute atomic E-state index is 0. The lowest BCUT2D eigenvalue weighted by Gasteiger charge is -2.24. The number of nitrogens with one attached hydrogen (secondary N) is 1. The van der Waals surface area contributed by atoms with Gasteiger partial charge in [0.15, 0.2) is 0 Å². The Morgan fingerprint density at radius 3 is 2.49 bits per heavy atom. The molecule has 53 heavy (non-hydrogen) atoms. The SMILES string of the molecule is C.CCOC(=O)c1c(CCCOc2cccc3cc(F)ccc23)c2ccc(Cl)c(-c3c(CC)n[nH]c3CO)c2n1CCCCN(C)C(=O)OC(C)(C)C. The molecule has 0 bridgehead atoms. The van der Waals surface area contributed by atoms with E-state index >= 15 is 0 Å². The molecular weight excluding hydrogens is 699 g/mol. The highest BCUT2D eigenvalue weighted by atomic mass is 35.5. The van der Waals surface area contributed by atoms with Crippen molar-refractivity contribution in [3.8, 4) is 16.9 Å². The van der Waals surface area contributed by atoms with Crippen LogP contribution in [0.15, 0.2) is 48.5 Å². The van der Waals surface area contributed by atoms with E-state index < -0.39 is 17.7 Å². The molecular formula is C41H52ClFN4O6. The molecule has 3 aromatic carbocycles. The van der Waals surface area contributed by atoms with E-state index in [4.69, 9.17) is 25.8 Å². The van der Waals surface area contributed by atoms with Crippen LogP contribution in [0, 0.1) is 5.82 Å². The Bertz CT molecular complexity index is 2030. The Morgan fingerprint density at radius 1 is 1.04 bits per heavy atom. The first-order chi connectivity index (χ1) is 24.9. The van der Waals surface area contributed by atoms with Gasteiger partial charge in [0.25, 0.3) is 0 Å². The van der Waals surface area contributed by atoms with Crippen molar-refractivity contribution in [1.29, 1.82) is 0 Å². The number of carbonyl (C=O) groups excluding carboxylic acids is 2. The number of esters is 1. The molecule has 0 radical (unpaired) electrons. The number of fused-ring (bicyclic) bond motifs is 2. The van der Waals surface area contributed by atoms with E-state index in [1.807, 2.05) is 62.6 Å². The van der Waals surface area contributed by atoms with Crippen LogP contribution in [0.1, 0.15) is 88.7 Å². The number of amides is 1. The van der Waals surface area contributed by atoms with Gasteiger partial charge in [-0.15, -0.1) is 0 Å². The summed E-state index contributed by atoms with van der Waals surface area (Å²) in [5, 5.41) is 20.6. The molecule has 2 N–H and O–H groups in total. The van der Waals surface area contributed by atoms with Gasteiger partial charge >= 0.3 is 12.1 Å². The van der Waals surface area contributed by atoms with E-state index in [0.29, 0.717) is 85.1 Å². The molecule has 0 spiro atoms. The molecule has 10 nitrogen and oxygen atoms in total. The van der Waals surface area contributed by atoms with Crippen molar-refractivity contribution in [2.24, 2.45) is 0 Å². The van der Waals surface area contributed by atoms with Gasteiger partial charge in [0.2, 0.25) is 0 Å². The van der Waals surface area contributed by atoms with Crippen LogP contribution >= 0.6 is 11.6 Å². The standard InChI is InChI=1S/C40H48ClFN4O6.CH4/c1-7-31-35(32(24-47)44-43-31)34-30(41)19-18-29-28(14-12-22-51-33-15-11-13-25-23-26(42)16-17-27(25)33)37(38(48)50-8-2)46(36(29)34)21-10-9-20-45(6)39(49)52-40(3,4)5;/h11,13,15-19,23,47H,7-10,12,14,20-22,24H2,1-6H3,(H,43,44);1H4. The number of ether oxygens (including phenoxy) is 3. The Morgan fingerprint density at radius 2 is 1.79 bits per heavy atom. The molecule has 0 aliphatic rings. The fourth-order valence-electron chi connectivity index (χ4n) is 6.56. The van der Waals surface area contributed by atoms with Crippen LogP contribution in [0.5, 0.6) is 5.75 Å². The lowest BCUT2D eigenvalue weighted by Crippen LogP contribution is -2.34. The van der Waals surface area contributed by atoms with Crippen molar-refractivity contribution in [1.82, 2.24) is 19.7 Å². The number of aromatic nitrogens is 3. The van der Waals surface area contributed by atoms with E-state index in [-0.39, 0.29) is 26.5 Å². The first-order valence-corrected chi connectivity index (χ1v) is 18.2. The fraction of sp³-hybridized carbons (Fsp3) is 0.439. The van der Waals surface area contributed by atoms with Crippen LogP contribution in [-0.2, 0) is 35.5 Å². The van der Waals surface area contributed by atoms with Gasteiger partial charge in [-0.1, -0.05) is 44.2 Å². The molecule has 0 aliphatic heterocycles. The number of H-pyrrole nitrogens is 1. The van der Waals surface area contributed by atoms with E-state index in [9.17, 15) is 19.1 Å². The van der Waals surface area contributed by atoms with Gasteiger partial charge in [-0.3, -0.25) is 5.10 Å². The van der Waals surface area contributed by atoms with Gasteiger partial charge in [-0.2, -0.15) is 5.10 Å². The number of aliphatic hydroxyl groups excluding tert-OH is 1. The summed E-state index contributed by atoms with van der Waals surface area (Å²) in [6.07, 6.45) is 2.50. The minimum Gasteiger partial charge on any atom is -0.493 e. The second-order valence-corrected chi connectivity index (χ2v) is 14.1. The first-order valence-electron chi connectivity index (χ1n) is 17.8. The molecule has 286 valence electrons. The summed E-state index contributed by atoms with van der Waals surface area (Å²) < 4.78 is 33.2. The monoisotopic (exact) mass is 750 g/mol. The molecule has 2 aromatic heterocycles. The van der Waals surface area contributed by atoms with Crippen molar-refractivity contribution < 1.29 is 33.3 Å². The van der Waals surface area contributed by atoms with E-state index in [2.05, 4.69) is 10.2 Å². The number of aryl methyl sites for hydroxylation is 3. The number of rotatable bonds is 15. The topological polar surface area (TPSA) is 119 Å². The largest absolute Gasteiger partial charge is 0.493 e. The molecule has 0 fully saturated rings. The Labute approximate surface area is 316 Å². The number of unbranched alkanes of at least 4 members (excludes halogenated alkanes) is 1. The number of aromatic amines is 1. The number of carbonyl (C=O) groups is 2. The molecule has 5 aromatic rings. The number of nitrogens with zero attached hydrogens (tertiary/aromatic N) is 3. The van der Waals surface area contributed by atoms with Gasteiger partial charge in [0, 0.05) is 42.0 Å².